The highest BCUT2D eigenvalue weighted by molar-refractivity contribution is 5.94. The summed E-state index contributed by atoms with van der Waals surface area (Å²) >= 11 is 0. The molecule has 0 aromatic heterocycles. The smallest absolute Gasteiger partial charge is 0.333 e. The molecule has 0 radical (unpaired) electrons. The summed E-state index contributed by atoms with van der Waals surface area (Å²) < 4.78 is 36.5. The molecule has 2 rings (SSSR count). The van der Waals surface area contributed by atoms with Gasteiger partial charge in [-0.1, -0.05) is 244 Å². The quantitative estimate of drug-likeness (QED) is 0.0368. The van der Waals surface area contributed by atoms with Crippen molar-refractivity contribution < 1.29 is 38.0 Å². The minimum Gasteiger partial charge on any atom is -0.489 e. The summed E-state index contributed by atoms with van der Waals surface area (Å²) in [5.41, 5.74) is 1.52. The molecule has 0 saturated heterocycles. The van der Waals surface area contributed by atoms with E-state index < -0.39 is 24.1 Å². The number of fused-ring (bicyclic) bond motifs is 1. The van der Waals surface area contributed by atoms with Gasteiger partial charge in [0.25, 0.3) is 0 Å². The summed E-state index contributed by atoms with van der Waals surface area (Å²) in [5, 5.41) is 1.72. The second-order valence-corrected chi connectivity index (χ2v) is 20.1. The molecule has 0 saturated carbocycles. The third-order valence-corrected chi connectivity index (χ3v) is 13.1. The van der Waals surface area contributed by atoms with Crippen LogP contribution in [0.25, 0.3) is 10.8 Å². The molecule has 0 N–H and O–H groups in total. The van der Waals surface area contributed by atoms with Gasteiger partial charge in [-0.2, -0.15) is 0 Å². The zero-order valence-electron chi connectivity index (χ0n) is 45.1. The SMILES string of the molecule is C=C(C)C(=O)OC(COCCCCCCCCCCCCCCCCCC)COc1cc(C)c(OCC(COCCCCCCCCCCCCCCCCCC)OC(=O)C(=C)C)c2ccccc12. The van der Waals surface area contributed by atoms with Crippen molar-refractivity contribution in [1.82, 2.24) is 0 Å². The van der Waals surface area contributed by atoms with Gasteiger partial charge < -0.3 is 28.4 Å². The summed E-state index contributed by atoms with van der Waals surface area (Å²) in [6, 6.07) is 9.84. The largest absolute Gasteiger partial charge is 0.489 e. The van der Waals surface area contributed by atoms with E-state index in [0.29, 0.717) is 35.9 Å². The van der Waals surface area contributed by atoms with Crippen LogP contribution in [0.5, 0.6) is 11.5 Å². The number of benzene rings is 2. The Morgan fingerprint density at radius 1 is 0.449 bits per heavy atom. The maximum atomic E-state index is 12.6. The molecular formula is C61H102O8. The van der Waals surface area contributed by atoms with Gasteiger partial charge in [-0.05, 0) is 45.2 Å². The Morgan fingerprint density at radius 2 is 0.768 bits per heavy atom. The maximum Gasteiger partial charge on any atom is 0.333 e. The van der Waals surface area contributed by atoms with Crippen LogP contribution in [0.15, 0.2) is 54.6 Å². The van der Waals surface area contributed by atoms with E-state index >= 15 is 0 Å². The molecule has 2 atom stereocenters. The van der Waals surface area contributed by atoms with E-state index in [-0.39, 0.29) is 26.4 Å². The second-order valence-electron chi connectivity index (χ2n) is 20.1. The first-order valence-electron chi connectivity index (χ1n) is 28.3. The van der Waals surface area contributed by atoms with Crippen LogP contribution in [0.3, 0.4) is 0 Å². The molecule has 0 spiro atoms. The monoisotopic (exact) mass is 963 g/mol. The Labute approximate surface area is 422 Å². The summed E-state index contributed by atoms with van der Waals surface area (Å²) in [5.74, 6) is 0.405. The number of carbonyl (C=O) groups excluding carboxylic acids is 2. The summed E-state index contributed by atoms with van der Waals surface area (Å²) in [6.07, 6.45) is 41.1. The highest BCUT2D eigenvalue weighted by Gasteiger charge is 2.21. The number of ether oxygens (including phenoxy) is 6. The Bertz CT molecular complexity index is 1620. The second kappa shape index (κ2) is 42.3. The van der Waals surface area contributed by atoms with Gasteiger partial charge in [-0.15, -0.1) is 0 Å². The van der Waals surface area contributed by atoms with Crippen molar-refractivity contribution in [3.63, 3.8) is 0 Å². The summed E-state index contributed by atoms with van der Waals surface area (Å²) in [4.78, 5) is 25.3. The molecule has 8 heteroatoms. The zero-order chi connectivity index (χ0) is 50.0. The molecule has 69 heavy (non-hydrogen) atoms. The molecule has 2 aromatic rings. The first-order chi connectivity index (χ1) is 33.7. The van der Waals surface area contributed by atoms with Crippen LogP contribution < -0.4 is 9.47 Å². The molecule has 2 unspecified atom stereocenters. The number of aryl methyl sites for hydroxylation is 1. The van der Waals surface area contributed by atoms with Crippen LogP contribution in [0.1, 0.15) is 239 Å². The fraction of sp³-hybridized carbons (Fsp3) is 0.738. The molecule has 0 aliphatic rings. The van der Waals surface area contributed by atoms with Crippen LogP contribution >= 0.6 is 0 Å². The lowest BCUT2D eigenvalue weighted by Gasteiger charge is -2.22. The van der Waals surface area contributed by atoms with Crippen LogP contribution in [0.2, 0.25) is 0 Å². The number of rotatable bonds is 48. The Kier molecular flexibility index (Phi) is 37.9. The predicted octanol–water partition coefficient (Wildman–Crippen LogP) is 17.4. The number of esters is 2. The molecule has 2 aromatic carbocycles. The van der Waals surface area contributed by atoms with Gasteiger partial charge in [0, 0.05) is 35.1 Å². The summed E-state index contributed by atoms with van der Waals surface area (Å²) in [7, 11) is 0. The Hall–Kier alpha value is -3.36. The van der Waals surface area contributed by atoms with Crippen LogP contribution in [0.4, 0.5) is 0 Å². The van der Waals surface area contributed by atoms with E-state index in [1.54, 1.807) is 13.8 Å². The van der Waals surface area contributed by atoms with Gasteiger partial charge in [-0.25, -0.2) is 9.59 Å². The van der Waals surface area contributed by atoms with Gasteiger partial charge in [0.2, 0.25) is 0 Å². The molecule has 0 aliphatic carbocycles. The third kappa shape index (κ3) is 31.6. The molecular weight excluding hydrogens is 861 g/mol. The van der Waals surface area contributed by atoms with E-state index in [9.17, 15) is 9.59 Å². The highest BCUT2D eigenvalue weighted by atomic mass is 16.6. The van der Waals surface area contributed by atoms with Crippen molar-refractivity contribution in [3.8, 4) is 11.5 Å². The highest BCUT2D eigenvalue weighted by Crippen LogP contribution is 2.37. The lowest BCUT2D eigenvalue weighted by molar-refractivity contribution is -0.150. The first kappa shape index (κ1) is 61.8. The standard InChI is InChI=1S/C61H102O8/c1-8-10-12-14-16-18-20-22-24-26-28-30-32-34-36-40-44-64-47-54(68-60(62)51(3)4)49-66-58-46-53(7)59(57-43-39-38-42-56(57)58)67-50-55(69-61(63)52(5)6)48-65-45-41-37-35-33-31-29-27-25-23-21-19-17-15-13-11-9-2/h38-39,42-43,46,54-55H,3,5,8-37,40-41,44-45,47-50H2,1-2,4,6-7H3. The minimum atomic E-state index is -0.604. The normalized spacial score (nSPS) is 12.2. The van der Waals surface area contributed by atoms with Crippen molar-refractivity contribution in [2.45, 2.75) is 252 Å². The number of hydrogen-bond donors (Lipinski definition) is 0. The molecule has 394 valence electrons. The zero-order valence-corrected chi connectivity index (χ0v) is 45.1. The van der Waals surface area contributed by atoms with Gasteiger partial charge in [0.05, 0.1) is 13.2 Å². The van der Waals surface area contributed by atoms with Crippen molar-refractivity contribution in [2.24, 2.45) is 0 Å². The van der Waals surface area contributed by atoms with Crippen LogP contribution in [0, 0.1) is 6.92 Å². The molecule has 0 aliphatic heterocycles. The number of hydrogen-bond acceptors (Lipinski definition) is 8. The average molecular weight is 963 g/mol. The predicted molar refractivity (Wildman–Crippen MR) is 290 cm³/mol. The first-order valence-corrected chi connectivity index (χ1v) is 28.3. The Balaban J connectivity index is 1.78. The van der Waals surface area contributed by atoms with Crippen molar-refractivity contribution >= 4 is 22.7 Å². The van der Waals surface area contributed by atoms with E-state index in [2.05, 4.69) is 27.0 Å². The van der Waals surface area contributed by atoms with Gasteiger partial charge in [0.1, 0.15) is 24.7 Å². The topological polar surface area (TPSA) is 89.5 Å². The van der Waals surface area contributed by atoms with E-state index in [4.69, 9.17) is 28.4 Å². The van der Waals surface area contributed by atoms with Gasteiger partial charge in [0.15, 0.2) is 12.2 Å². The van der Waals surface area contributed by atoms with Crippen molar-refractivity contribution in [1.29, 1.82) is 0 Å². The van der Waals surface area contributed by atoms with E-state index in [1.165, 1.54) is 180 Å². The molecule has 0 heterocycles. The molecule has 0 fully saturated rings. The summed E-state index contributed by atoms with van der Waals surface area (Å²) in [6.45, 7) is 19.3. The lowest BCUT2D eigenvalue weighted by Crippen LogP contribution is -2.30. The molecule has 0 amide bonds. The van der Waals surface area contributed by atoms with E-state index in [1.807, 2.05) is 37.3 Å². The molecule has 0 bridgehead atoms. The fourth-order valence-corrected chi connectivity index (χ4v) is 8.79. The van der Waals surface area contributed by atoms with Crippen molar-refractivity contribution in [2.75, 3.05) is 39.6 Å². The average Bonchev–Trinajstić information content (AvgIpc) is 3.34. The Morgan fingerprint density at radius 3 is 1.12 bits per heavy atom. The van der Waals surface area contributed by atoms with Crippen LogP contribution in [-0.2, 0) is 28.5 Å². The van der Waals surface area contributed by atoms with Crippen LogP contribution in [-0.4, -0.2) is 63.8 Å². The number of unbranched alkanes of at least 4 members (excludes halogenated alkanes) is 30. The maximum absolute atomic E-state index is 12.6. The van der Waals surface area contributed by atoms with Crippen molar-refractivity contribution in [3.05, 3.63) is 60.2 Å². The molecule has 8 nitrogen and oxygen atoms in total. The lowest BCUT2D eigenvalue weighted by atomic mass is 10.0. The van der Waals surface area contributed by atoms with Gasteiger partial charge in [-0.3, -0.25) is 0 Å². The minimum absolute atomic E-state index is 0.122. The van der Waals surface area contributed by atoms with E-state index in [0.717, 1.165) is 42.0 Å². The number of carbonyl (C=O) groups is 2. The third-order valence-electron chi connectivity index (χ3n) is 13.1. The van der Waals surface area contributed by atoms with Gasteiger partial charge >= 0.3 is 11.9 Å². The fourth-order valence-electron chi connectivity index (χ4n) is 8.79.